The number of aryl methyl sites for hydroxylation is 1. The number of guanidine groups is 1. The molecule has 0 atom stereocenters. The van der Waals surface area contributed by atoms with Gasteiger partial charge in [-0.2, -0.15) is 4.99 Å². The van der Waals surface area contributed by atoms with Crippen molar-refractivity contribution in [1.29, 1.82) is 0 Å². The molecule has 6 N–H and O–H groups in total. The van der Waals surface area contributed by atoms with Gasteiger partial charge in [-0.1, -0.05) is 0 Å². The first-order chi connectivity index (χ1) is 8.12. The third kappa shape index (κ3) is 2.98. The molecule has 98 valence electrons. The maximum atomic E-state index is 11.7. The number of anilines is 1. The highest BCUT2D eigenvalue weighted by Crippen LogP contribution is 2.23. The van der Waals surface area contributed by atoms with E-state index in [1.54, 1.807) is 6.92 Å². The Bertz CT molecular complexity index is 631. The second-order valence-corrected chi connectivity index (χ2v) is 5.80. The second kappa shape index (κ2) is 4.65. The molecular formula is C10H14N4O3S. The molecule has 0 radical (unpaired) electrons. The lowest BCUT2D eigenvalue weighted by molar-refractivity contribution is 0.100. The number of hydrogen-bond donors (Lipinski definition) is 3. The van der Waals surface area contributed by atoms with E-state index in [1.807, 2.05) is 0 Å². The molecule has 1 aromatic rings. The fraction of sp³-hybridized carbons (Fsp3) is 0.200. The Morgan fingerprint density at radius 3 is 2.28 bits per heavy atom. The van der Waals surface area contributed by atoms with Gasteiger partial charge in [0.1, 0.15) is 0 Å². The van der Waals surface area contributed by atoms with Crippen molar-refractivity contribution in [2.45, 2.75) is 11.8 Å². The number of sulfone groups is 1. The van der Waals surface area contributed by atoms with E-state index in [2.05, 4.69) is 4.99 Å². The lowest BCUT2D eigenvalue weighted by Crippen LogP contribution is -2.24. The molecule has 1 rings (SSSR count). The summed E-state index contributed by atoms with van der Waals surface area (Å²) in [6.45, 7) is 1.61. The van der Waals surface area contributed by atoms with Crippen LogP contribution in [-0.2, 0) is 9.84 Å². The van der Waals surface area contributed by atoms with Crippen LogP contribution in [0, 0.1) is 6.92 Å². The van der Waals surface area contributed by atoms with Crippen LogP contribution >= 0.6 is 0 Å². The van der Waals surface area contributed by atoms with Crippen LogP contribution in [0.2, 0.25) is 0 Å². The van der Waals surface area contributed by atoms with Gasteiger partial charge in [0.15, 0.2) is 15.8 Å². The standard InChI is InChI=1S/C10H14N4O3S/c1-5-3-7(11)8(18(2,16)17)4-6(5)9(15)14-10(12)13/h3-4H,11H2,1-2H3,(H4,12,13,14,15). The van der Waals surface area contributed by atoms with Gasteiger partial charge in [-0.25, -0.2) is 8.42 Å². The lowest BCUT2D eigenvalue weighted by Gasteiger charge is -2.08. The number of benzene rings is 1. The first-order valence-corrected chi connectivity index (χ1v) is 6.76. The van der Waals surface area contributed by atoms with Crippen molar-refractivity contribution < 1.29 is 13.2 Å². The highest BCUT2D eigenvalue weighted by Gasteiger charge is 2.17. The van der Waals surface area contributed by atoms with Crippen LogP contribution in [0.15, 0.2) is 22.0 Å². The molecule has 0 saturated carbocycles. The van der Waals surface area contributed by atoms with Crippen molar-refractivity contribution in [3.8, 4) is 0 Å². The van der Waals surface area contributed by atoms with Gasteiger partial charge in [0, 0.05) is 11.8 Å². The molecule has 0 aliphatic rings. The van der Waals surface area contributed by atoms with E-state index in [1.165, 1.54) is 12.1 Å². The summed E-state index contributed by atoms with van der Waals surface area (Å²) in [5.74, 6) is -1.10. The van der Waals surface area contributed by atoms with E-state index >= 15 is 0 Å². The third-order valence-electron chi connectivity index (χ3n) is 2.22. The minimum absolute atomic E-state index is 0.0799. The number of aliphatic imine (C=N–C) groups is 1. The number of carbonyl (C=O) groups is 1. The van der Waals surface area contributed by atoms with Crippen molar-refractivity contribution in [3.05, 3.63) is 23.3 Å². The third-order valence-corrected chi connectivity index (χ3v) is 3.37. The molecule has 0 unspecified atom stereocenters. The van der Waals surface area contributed by atoms with E-state index in [0.717, 1.165) is 6.26 Å². The summed E-state index contributed by atoms with van der Waals surface area (Å²) in [5.41, 5.74) is 16.5. The summed E-state index contributed by atoms with van der Waals surface area (Å²) < 4.78 is 23.0. The highest BCUT2D eigenvalue weighted by molar-refractivity contribution is 7.90. The van der Waals surface area contributed by atoms with Gasteiger partial charge in [0.25, 0.3) is 5.91 Å². The van der Waals surface area contributed by atoms with E-state index in [9.17, 15) is 13.2 Å². The average Bonchev–Trinajstić information content (AvgIpc) is 2.13. The number of nitrogens with two attached hydrogens (primary N) is 3. The summed E-state index contributed by atoms with van der Waals surface area (Å²) in [6.07, 6.45) is 1.00. The van der Waals surface area contributed by atoms with Crippen molar-refractivity contribution in [1.82, 2.24) is 0 Å². The Kier molecular flexibility index (Phi) is 3.61. The van der Waals surface area contributed by atoms with Gasteiger partial charge in [-0.05, 0) is 24.6 Å². The summed E-state index contributed by atoms with van der Waals surface area (Å²) >= 11 is 0. The van der Waals surface area contributed by atoms with E-state index in [-0.39, 0.29) is 16.1 Å². The van der Waals surface area contributed by atoms with Crippen molar-refractivity contribution in [3.63, 3.8) is 0 Å². The fourth-order valence-corrected chi connectivity index (χ4v) is 2.26. The van der Waals surface area contributed by atoms with E-state index in [0.29, 0.717) is 5.56 Å². The van der Waals surface area contributed by atoms with Crippen LogP contribution in [0.1, 0.15) is 15.9 Å². The molecule has 1 aromatic carbocycles. The van der Waals surface area contributed by atoms with Gasteiger partial charge >= 0.3 is 0 Å². The maximum absolute atomic E-state index is 11.7. The number of hydrogen-bond acceptors (Lipinski definition) is 4. The molecule has 0 saturated heterocycles. The average molecular weight is 270 g/mol. The molecule has 0 aromatic heterocycles. The molecule has 0 bridgehead atoms. The van der Waals surface area contributed by atoms with Crippen LogP contribution in [0.25, 0.3) is 0 Å². The minimum atomic E-state index is -3.52. The van der Waals surface area contributed by atoms with Crippen LogP contribution in [0.3, 0.4) is 0 Å². The Labute approximate surface area is 105 Å². The fourth-order valence-electron chi connectivity index (χ4n) is 1.44. The summed E-state index contributed by atoms with van der Waals surface area (Å²) in [7, 11) is -3.52. The lowest BCUT2D eigenvalue weighted by atomic mass is 10.1. The molecule has 1 amide bonds. The van der Waals surface area contributed by atoms with Crippen LogP contribution in [0.4, 0.5) is 5.69 Å². The summed E-state index contributed by atoms with van der Waals surface area (Å²) in [4.78, 5) is 14.9. The number of amides is 1. The Hall–Kier alpha value is -2.09. The maximum Gasteiger partial charge on any atom is 0.280 e. The van der Waals surface area contributed by atoms with Gasteiger partial charge in [-0.3, -0.25) is 4.79 Å². The van der Waals surface area contributed by atoms with Crippen LogP contribution in [0.5, 0.6) is 0 Å². The number of nitrogen functional groups attached to an aromatic ring is 1. The molecule has 18 heavy (non-hydrogen) atoms. The minimum Gasteiger partial charge on any atom is -0.398 e. The zero-order valence-electron chi connectivity index (χ0n) is 9.97. The quantitative estimate of drug-likeness (QED) is 0.372. The molecule has 0 spiro atoms. The van der Waals surface area contributed by atoms with Gasteiger partial charge in [-0.15, -0.1) is 0 Å². The first-order valence-electron chi connectivity index (χ1n) is 4.87. The smallest absolute Gasteiger partial charge is 0.280 e. The Morgan fingerprint density at radius 1 is 1.28 bits per heavy atom. The molecule has 0 fully saturated rings. The molecular weight excluding hydrogens is 256 g/mol. The van der Waals surface area contributed by atoms with Crippen molar-refractivity contribution >= 4 is 27.4 Å². The molecule has 0 aliphatic carbocycles. The largest absolute Gasteiger partial charge is 0.398 e. The van der Waals surface area contributed by atoms with E-state index < -0.39 is 21.7 Å². The number of carbonyl (C=O) groups excluding carboxylic acids is 1. The SMILES string of the molecule is Cc1cc(N)c(S(C)(=O)=O)cc1C(=O)N=C(N)N. The Balaban J connectivity index is 3.49. The molecule has 0 heterocycles. The monoisotopic (exact) mass is 270 g/mol. The van der Waals surface area contributed by atoms with Crippen molar-refractivity contribution in [2.24, 2.45) is 16.5 Å². The molecule has 0 aliphatic heterocycles. The zero-order chi connectivity index (χ0) is 14.1. The summed E-state index contributed by atoms with van der Waals surface area (Å²) in [5, 5.41) is 0. The van der Waals surface area contributed by atoms with Gasteiger partial charge in [0.2, 0.25) is 0 Å². The topological polar surface area (TPSA) is 142 Å². The number of rotatable bonds is 2. The van der Waals surface area contributed by atoms with Crippen molar-refractivity contribution in [2.75, 3.05) is 12.0 Å². The number of nitrogens with zero attached hydrogens (tertiary/aromatic N) is 1. The predicted molar refractivity (Wildman–Crippen MR) is 68.8 cm³/mol. The van der Waals surface area contributed by atoms with Crippen LogP contribution in [-0.4, -0.2) is 26.5 Å². The van der Waals surface area contributed by atoms with Gasteiger partial charge in [0.05, 0.1) is 10.6 Å². The Morgan fingerprint density at radius 2 is 1.83 bits per heavy atom. The van der Waals surface area contributed by atoms with Gasteiger partial charge < -0.3 is 17.2 Å². The zero-order valence-corrected chi connectivity index (χ0v) is 10.8. The second-order valence-electron chi connectivity index (χ2n) is 3.82. The normalized spacial score (nSPS) is 11.0. The predicted octanol–water partition coefficient (Wildman–Crippen LogP) is -0.606. The summed E-state index contributed by atoms with van der Waals surface area (Å²) in [6, 6.07) is 2.57. The molecule has 7 nitrogen and oxygen atoms in total. The first kappa shape index (κ1) is 14.0. The van der Waals surface area contributed by atoms with E-state index in [4.69, 9.17) is 17.2 Å². The highest BCUT2D eigenvalue weighted by atomic mass is 32.2. The van der Waals surface area contributed by atoms with Crippen LogP contribution < -0.4 is 17.2 Å². The molecule has 8 heteroatoms.